The van der Waals surface area contributed by atoms with Crippen molar-refractivity contribution in [2.75, 3.05) is 5.32 Å². The SMILES string of the molecule is O=C1NC(=O)C(=Cc2ccnc(NC(=O)c3ccc(C(F)(F)F)cn3)n2)S1. The number of rotatable bonds is 3. The van der Waals surface area contributed by atoms with Crippen molar-refractivity contribution in [2.24, 2.45) is 0 Å². The van der Waals surface area contributed by atoms with Gasteiger partial charge >= 0.3 is 6.18 Å². The van der Waals surface area contributed by atoms with Crippen molar-refractivity contribution in [3.63, 3.8) is 0 Å². The van der Waals surface area contributed by atoms with Crippen LogP contribution in [0.25, 0.3) is 6.08 Å². The van der Waals surface area contributed by atoms with E-state index in [4.69, 9.17) is 0 Å². The third kappa shape index (κ3) is 4.47. The van der Waals surface area contributed by atoms with Crippen LogP contribution in [-0.4, -0.2) is 32.0 Å². The highest BCUT2D eigenvalue weighted by atomic mass is 32.2. The number of hydrogen-bond donors (Lipinski definition) is 2. The van der Waals surface area contributed by atoms with Gasteiger partial charge in [-0.2, -0.15) is 13.2 Å². The first-order valence-electron chi connectivity index (χ1n) is 7.15. The van der Waals surface area contributed by atoms with Crippen LogP contribution in [-0.2, 0) is 11.0 Å². The van der Waals surface area contributed by atoms with Gasteiger partial charge in [-0.1, -0.05) is 0 Å². The first-order valence-corrected chi connectivity index (χ1v) is 7.96. The molecular formula is C15H8F3N5O3S. The lowest BCUT2D eigenvalue weighted by Gasteiger charge is -2.07. The highest BCUT2D eigenvalue weighted by molar-refractivity contribution is 8.18. The Morgan fingerprint density at radius 2 is 1.96 bits per heavy atom. The molecule has 2 aromatic heterocycles. The van der Waals surface area contributed by atoms with Crippen LogP contribution in [0.3, 0.4) is 0 Å². The summed E-state index contributed by atoms with van der Waals surface area (Å²) < 4.78 is 37.5. The van der Waals surface area contributed by atoms with Crippen LogP contribution in [0.4, 0.5) is 23.9 Å². The minimum atomic E-state index is -4.56. The maximum absolute atomic E-state index is 12.5. The van der Waals surface area contributed by atoms with Gasteiger partial charge in [-0.15, -0.1) is 0 Å². The normalized spacial score (nSPS) is 15.7. The van der Waals surface area contributed by atoms with Gasteiger partial charge in [-0.05, 0) is 36.0 Å². The van der Waals surface area contributed by atoms with Crippen molar-refractivity contribution in [3.05, 3.63) is 52.4 Å². The molecule has 3 amide bonds. The first-order chi connectivity index (χ1) is 12.7. The molecule has 12 heteroatoms. The van der Waals surface area contributed by atoms with Gasteiger partial charge in [0.2, 0.25) is 5.95 Å². The zero-order valence-corrected chi connectivity index (χ0v) is 13.9. The molecule has 0 aliphatic carbocycles. The number of pyridine rings is 1. The quantitative estimate of drug-likeness (QED) is 0.768. The number of halogens is 3. The van der Waals surface area contributed by atoms with E-state index in [1.165, 1.54) is 18.3 Å². The fourth-order valence-corrected chi connectivity index (χ4v) is 2.60. The fourth-order valence-electron chi connectivity index (χ4n) is 1.93. The Hall–Kier alpha value is -3.28. The van der Waals surface area contributed by atoms with E-state index in [0.29, 0.717) is 18.0 Å². The second-order valence-electron chi connectivity index (χ2n) is 5.04. The minimum absolute atomic E-state index is 0.125. The van der Waals surface area contributed by atoms with Crippen molar-refractivity contribution < 1.29 is 27.6 Å². The third-order valence-corrected chi connectivity index (χ3v) is 3.96. The molecule has 1 aliphatic rings. The first kappa shape index (κ1) is 18.5. The molecule has 0 saturated carbocycles. The van der Waals surface area contributed by atoms with Gasteiger partial charge in [-0.3, -0.25) is 30.0 Å². The van der Waals surface area contributed by atoms with Gasteiger partial charge < -0.3 is 0 Å². The van der Waals surface area contributed by atoms with Crippen molar-refractivity contribution in [2.45, 2.75) is 6.18 Å². The van der Waals surface area contributed by atoms with E-state index in [-0.39, 0.29) is 22.2 Å². The van der Waals surface area contributed by atoms with Crippen LogP contribution in [0.15, 0.2) is 35.5 Å². The van der Waals surface area contributed by atoms with Crippen LogP contribution in [0.5, 0.6) is 0 Å². The summed E-state index contributed by atoms with van der Waals surface area (Å²) in [6, 6.07) is 3.10. The number of aromatic nitrogens is 3. The lowest BCUT2D eigenvalue weighted by molar-refractivity contribution is -0.137. The second-order valence-corrected chi connectivity index (χ2v) is 6.06. The van der Waals surface area contributed by atoms with Crippen LogP contribution in [0.2, 0.25) is 0 Å². The molecule has 3 rings (SSSR count). The molecule has 0 aromatic carbocycles. The number of nitrogens with one attached hydrogen (secondary N) is 2. The maximum Gasteiger partial charge on any atom is 0.417 e. The summed E-state index contributed by atoms with van der Waals surface area (Å²) in [7, 11) is 0. The van der Waals surface area contributed by atoms with Crippen LogP contribution >= 0.6 is 11.8 Å². The average Bonchev–Trinajstić information content (AvgIpc) is 2.91. The van der Waals surface area contributed by atoms with Gasteiger partial charge in [0, 0.05) is 12.4 Å². The fraction of sp³-hybridized carbons (Fsp3) is 0.0667. The highest BCUT2D eigenvalue weighted by Gasteiger charge is 2.31. The van der Waals surface area contributed by atoms with E-state index >= 15 is 0 Å². The third-order valence-electron chi connectivity index (χ3n) is 3.15. The van der Waals surface area contributed by atoms with E-state index in [2.05, 4.69) is 25.6 Å². The van der Waals surface area contributed by atoms with Crippen LogP contribution in [0, 0.1) is 0 Å². The zero-order valence-electron chi connectivity index (χ0n) is 13.1. The Bertz CT molecular complexity index is 960. The molecule has 8 nitrogen and oxygen atoms in total. The summed E-state index contributed by atoms with van der Waals surface area (Å²) in [5, 5.41) is 3.87. The Balaban J connectivity index is 1.74. The molecule has 1 aliphatic heterocycles. The molecule has 0 bridgehead atoms. The number of imide groups is 1. The number of anilines is 1. The van der Waals surface area contributed by atoms with E-state index in [1.54, 1.807) is 0 Å². The van der Waals surface area contributed by atoms with Gasteiger partial charge in [0.15, 0.2) is 0 Å². The topological polar surface area (TPSA) is 114 Å². The van der Waals surface area contributed by atoms with Crippen LogP contribution < -0.4 is 10.6 Å². The molecule has 0 unspecified atom stereocenters. The van der Waals surface area contributed by atoms with Gasteiger partial charge in [0.1, 0.15) is 5.69 Å². The summed E-state index contributed by atoms with van der Waals surface area (Å²) in [6.45, 7) is 0. The Morgan fingerprint density at radius 1 is 1.19 bits per heavy atom. The maximum atomic E-state index is 12.5. The van der Waals surface area contributed by atoms with Crippen molar-refractivity contribution in [1.29, 1.82) is 0 Å². The Kier molecular flexibility index (Phi) is 4.90. The van der Waals surface area contributed by atoms with E-state index in [1.807, 2.05) is 0 Å². The van der Waals surface area contributed by atoms with Gasteiger partial charge in [-0.25, -0.2) is 9.97 Å². The molecule has 1 fully saturated rings. The summed E-state index contributed by atoms with van der Waals surface area (Å²) in [5.74, 6) is -1.52. The van der Waals surface area contributed by atoms with E-state index in [0.717, 1.165) is 12.1 Å². The minimum Gasteiger partial charge on any atom is -0.289 e. The number of carbonyl (C=O) groups is 3. The number of thioether (sulfide) groups is 1. The van der Waals surface area contributed by atoms with Crippen molar-refractivity contribution >= 4 is 40.8 Å². The molecule has 2 N–H and O–H groups in total. The molecular weight excluding hydrogens is 387 g/mol. The summed E-state index contributed by atoms with van der Waals surface area (Å²) in [5.41, 5.74) is -0.995. The smallest absolute Gasteiger partial charge is 0.289 e. The molecule has 0 atom stereocenters. The van der Waals surface area contributed by atoms with E-state index in [9.17, 15) is 27.6 Å². The molecule has 27 heavy (non-hydrogen) atoms. The van der Waals surface area contributed by atoms with Crippen molar-refractivity contribution in [3.8, 4) is 0 Å². The Labute approximate surface area is 153 Å². The summed E-state index contributed by atoms with van der Waals surface area (Å²) in [6.07, 6.45) is -1.38. The lowest BCUT2D eigenvalue weighted by atomic mass is 10.2. The molecule has 3 heterocycles. The molecule has 0 spiro atoms. The monoisotopic (exact) mass is 395 g/mol. The predicted molar refractivity (Wildman–Crippen MR) is 88.3 cm³/mol. The highest BCUT2D eigenvalue weighted by Crippen LogP contribution is 2.28. The molecule has 2 aromatic rings. The summed E-state index contributed by atoms with van der Waals surface area (Å²) in [4.78, 5) is 46.1. The number of amides is 3. The number of carbonyl (C=O) groups excluding carboxylic acids is 3. The number of hydrogen-bond acceptors (Lipinski definition) is 7. The lowest BCUT2D eigenvalue weighted by Crippen LogP contribution is -2.18. The van der Waals surface area contributed by atoms with Gasteiger partial charge in [0.05, 0.1) is 16.2 Å². The predicted octanol–water partition coefficient (Wildman–Crippen LogP) is 2.47. The van der Waals surface area contributed by atoms with Crippen LogP contribution in [0.1, 0.15) is 21.7 Å². The van der Waals surface area contributed by atoms with Gasteiger partial charge in [0.25, 0.3) is 17.1 Å². The Morgan fingerprint density at radius 3 is 2.56 bits per heavy atom. The second kappa shape index (κ2) is 7.15. The zero-order chi connectivity index (χ0) is 19.6. The van der Waals surface area contributed by atoms with Crippen molar-refractivity contribution in [1.82, 2.24) is 20.3 Å². The molecule has 1 saturated heterocycles. The standard InChI is InChI=1S/C15H8F3N5O3S/c16-15(17,18)7-1-2-9(20-6-7)11(24)22-13-19-4-3-8(21-13)5-10-12(25)23-14(26)27-10/h1-6H,(H,23,25,26)(H,19,21,22,24). The largest absolute Gasteiger partial charge is 0.417 e. The number of nitrogens with zero attached hydrogens (tertiary/aromatic N) is 3. The van der Waals surface area contributed by atoms with E-state index < -0.39 is 28.8 Å². The average molecular weight is 395 g/mol. The number of alkyl halides is 3. The molecule has 0 radical (unpaired) electrons. The molecule has 138 valence electrons. The summed E-state index contributed by atoms with van der Waals surface area (Å²) >= 11 is 0.700.